The molecule has 1 saturated heterocycles. The van der Waals surface area contributed by atoms with Gasteiger partial charge in [-0.15, -0.1) is 0 Å². The quantitative estimate of drug-likeness (QED) is 0.588. The van der Waals surface area contributed by atoms with E-state index < -0.39 is 0 Å². The van der Waals surface area contributed by atoms with E-state index in [0.717, 1.165) is 27.9 Å². The number of anilines is 1. The number of hydrogen-bond donors (Lipinski definition) is 1. The summed E-state index contributed by atoms with van der Waals surface area (Å²) in [7, 11) is 1.61. The van der Waals surface area contributed by atoms with Crippen LogP contribution in [0.3, 0.4) is 0 Å². The summed E-state index contributed by atoms with van der Waals surface area (Å²) in [6.07, 6.45) is 2.23. The highest BCUT2D eigenvalue weighted by atomic mass is 16.5. The van der Waals surface area contributed by atoms with Gasteiger partial charge in [0, 0.05) is 53.3 Å². The molecule has 5 rings (SSSR count). The van der Waals surface area contributed by atoms with Gasteiger partial charge in [0.05, 0.1) is 7.11 Å². The molecule has 7 heteroatoms. The molecule has 1 N–H and O–H groups in total. The Balaban J connectivity index is 1.42. The number of rotatable bonds is 4. The lowest BCUT2D eigenvalue weighted by Gasteiger charge is -2.16. The molecule has 1 aliphatic heterocycles. The van der Waals surface area contributed by atoms with Crippen molar-refractivity contribution in [3.05, 3.63) is 60.6 Å². The minimum atomic E-state index is -0.110. The third kappa shape index (κ3) is 2.72. The molecule has 1 amide bonds. The zero-order valence-electron chi connectivity index (χ0n) is 15.3. The van der Waals surface area contributed by atoms with Crippen LogP contribution in [0.2, 0.25) is 0 Å². The first kappa shape index (κ1) is 16.6. The van der Waals surface area contributed by atoms with E-state index in [0.29, 0.717) is 24.7 Å². The number of aromatic nitrogens is 3. The number of hydrogen-bond acceptors (Lipinski definition) is 5. The fourth-order valence-corrected chi connectivity index (χ4v) is 3.69. The number of H-pyrrole nitrogens is 1. The first-order valence-electron chi connectivity index (χ1n) is 9.07. The van der Waals surface area contributed by atoms with Gasteiger partial charge in [0.15, 0.2) is 5.82 Å². The Labute approximate surface area is 160 Å². The van der Waals surface area contributed by atoms with Gasteiger partial charge in [0.25, 0.3) is 5.89 Å². The molecule has 3 heterocycles. The van der Waals surface area contributed by atoms with Crippen molar-refractivity contribution in [1.29, 1.82) is 0 Å². The second kappa shape index (κ2) is 6.53. The van der Waals surface area contributed by atoms with E-state index in [1.807, 2.05) is 54.7 Å². The molecule has 7 nitrogen and oxygen atoms in total. The Morgan fingerprint density at radius 1 is 1.21 bits per heavy atom. The van der Waals surface area contributed by atoms with Crippen LogP contribution in [0.25, 0.3) is 22.4 Å². The van der Waals surface area contributed by atoms with Crippen molar-refractivity contribution in [1.82, 2.24) is 15.1 Å². The number of methoxy groups -OCH3 is 1. The summed E-state index contributed by atoms with van der Waals surface area (Å²) >= 11 is 0. The van der Waals surface area contributed by atoms with E-state index in [2.05, 4.69) is 15.1 Å². The highest BCUT2D eigenvalue weighted by molar-refractivity contribution is 5.96. The molecule has 140 valence electrons. The van der Waals surface area contributed by atoms with Gasteiger partial charge in [-0.2, -0.15) is 4.98 Å². The molecule has 28 heavy (non-hydrogen) atoms. The van der Waals surface area contributed by atoms with Crippen LogP contribution >= 0.6 is 0 Å². The van der Waals surface area contributed by atoms with Gasteiger partial charge in [-0.25, -0.2) is 0 Å². The van der Waals surface area contributed by atoms with Gasteiger partial charge in [-0.3, -0.25) is 4.79 Å². The summed E-state index contributed by atoms with van der Waals surface area (Å²) in [4.78, 5) is 22.1. The SMILES string of the molecule is COc1cccc(N2CC(c3noc(-c4cccc5[nH]ccc45)n3)CC2=O)c1. The minimum absolute atomic E-state index is 0.0392. The van der Waals surface area contributed by atoms with E-state index in [1.54, 1.807) is 12.0 Å². The third-order valence-electron chi connectivity index (χ3n) is 5.12. The second-order valence-electron chi connectivity index (χ2n) is 6.81. The maximum Gasteiger partial charge on any atom is 0.258 e. The molecule has 0 aliphatic carbocycles. The van der Waals surface area contributed by atoms with E-state index in [1.165, 1.54) is 0 Å². The number of nitrogens with zero attached hydrogens (tertiary/aromatic N) is 3. The van der Waals surface area contributed by atoms with Gasteiger partial charge >= 0.3 is 0 Å². The van der Waals surface area contributed by atoms with Crippen LogP contribution in [0.5, 0.6) is 5.75 Å². The number of nitrogens with one attached hydrogen (secondary N) is 1. The van der Waals surface area contributed by atoms with Crippen molar-refractivity contribution >= 4 is 22.5 Å². The standard InChI is InChI=1S/C21H18N4O3/c1-27-15-5-2-4-14(11-15)25-12-13(10-19(25)26)20-23-21(28-24-20)17-6-3-7-18-16(17)8-9-22-18/h2-9,11,13,22H,10,12H2,1H3. The molecular weight excluding hydrogens is 356 g/mol. The molecule has 2 aromatic carbocycles. The van der Waals surface area contributed by atoms with Crippen LogP contribution in [0.15, 0.2) is 59.3 Å². The molecule has 0 spiro atoms. The number of aromatic amines is 1. The molecule has 0 bridgehead atoms. The first-order valence-corrected chi connectivity index (χ1v) is 9.07. The Kier molecular flexibility index (Phi) is 3.86. The zero-order valence-corrected chi connectivity index (χ0v) is 15.3. The van der Waals surface area contributed by atoms with Crippen LogP contribution in [-0.2, 0) is 4.79 Å². The predicted molar refractivity (Wildman–Crippen MR) is 104 cm³/mol. The van der Waals surface area contributed by atoms with Gasteiger partial charge in [-0.1, -0.05) is 17.3 Å². The summed E-state index contributed by atoms with van der Waals surface area (Å²) in [5, 5.41) is 5.19. The summed E-state index contributed by atoms with van der Waals surface area (Å²) in [5.74, 6) is 1.67. The highest BCUT2D eigenvalue weighted by Crippen LogP contribution is 2.34. The van der Waals surface area contributed by atoms with Crippen LogP contribution in [0.1, 0.15) is 18.2 Å². The van der Waals surface area contributed by atoms with E-state index in [-0.39, 0.29) is 11.8 Å². The van der Waals surface area contributed by atoms with Crippen molar-refractivity contribution in [3.63, 3.8) is 0 Å². The van der Waals surface area contributed by atoms with Crippen LogP contribution < -0.4 is 9.64 Å². The Bertz CT molecular complexity index is 1160. The molecule has 1 fully saturated rings. The van der Waals surface area contributed by atoms with E-state index in [4.69, 9.17) is 9.26 Å². The first-order chi connectivity index (χ1) is 13.7. The Morgan fingerprint density at radius 3 is 3.00 bits per heavy atom. The van der Waals surface area contributed by atoms with Gasteiger partial charge in [0.2, 0.25) is 5.91 Å². The lowest BCUT2D eigenvalue weighted by molar-refractivity contribution is -0.117. The molecule has 1 atom stereocenters. The number of benzene rings is 2. The van der Waals surface area contributed by atoms with Crippen molar-refractivity contribution in [2.45, 2.75) is 12.3 Å². The second-order valence-corrected chi connectivity index (χ2v) is 6.81. The normalized spacial score (nSPS) is 16.8. The molecular formula is C21H18N4O3. The third-order valence-corrected chi connectivity index (χ3v) is 5.12. The van der Waals surface area contributed by atoms with Gasteiger partial charge in [-0.05, 0) is 30.3 Å². The van der Waals surface area contributed by atoms with Crippen molar-refractivity contribution in [3.8, 4) is 17.2 Å². The van der Waals surface area contributed by atoms with Crippen molar-refractivity contribution in [2.24, 2.45) is 0 Å². The average molecular weight is 374 g/mol. The minimum Gasteiger partial charge on any atom is -0.497 e. The monoisotopic (exact) mass is 374 g/mol. The van der Waals surface area contributed by atoms with Crippen LogP contribution in [-0.4, -0.2) is 34.7 Å². The fraction of sp³-hybridized carbons (Fsp3) is 0.190. The van der Waals surface area contributed by atoms with Crippen LogP contribution in [0.4, 0.5) is 5.69 Å². The smallest absolute Gasteiger partial charge is 0.258 e. The number of ether oxygens (including phenoxy) is 1. The van der Waals surface area contributed by atoms with Crippen molar-refractivity contribution < 1.29 is 14.1 Å². The number of carbonyl (C=O) groups is 1. The fourth-order valence-electron chi connectivity index (χ4n) is 3.69. The number of fused-ring (bicyclic) bond motifs is 1. The maximum absolute atomic E-state index is 12.6. The number of carbonyl (C=O) groups excluding carboxylic acids is 1. The lowest BCUT2D eigenvalue weighted by atomic mass is 10.1. The van der Waals surface area contributed by atoms with Crippen LogP contribution in [0, 0.1) is 0 Å². The highest BCUT2D eigenvalue weighted by Gasteiger charge is 2.35. The maximum atomic E-state index is 12.6. The Hall–Kier alpha value is -3.61. The summed E-state index contributed by atoms with van der Waals surface area (Å²) < 4.78 is 10.8. The molecule has 0 radical (unpaired) electrons. The molecule has 2 aromatic heterocycles. The summed E-state index contributed by atoms with van der Waals surface area (Å²) in [6.45, 7) is 0.513. The summed E-state index contributed by atoms with van der Waals surface area (Å²) in [6, 6.07) is 15.4. The van der Waals surface area contributed by atoms with Crippen molar-refractivity contribution in [2.75, 3.05) is 18.6 Å². The molecule has 4 aromatic rings. The largest absolute Gasteiger partial charge is 0.497 e. The van der Waals surface area contributed by atoms with E-state index in [9.17, 15) is 4.79 Å². The number of amides is 1. The Morgan fingerprint density at radius 2 is 2.11 bits per heavy atom. The average Bonchev–Trinajstić information content (AvgIpc) is 3.46. The molecule has 1 unspecified atom stereocenters. The zero-order chi connectivity index (χ0) is 19.1. The van der Waals surface area contributed by atoms with E-state index >= 15 is 0 Å². The molecule has 0 saturated carbocycles. The summed E-state index contributed by atoms with van der Waals surface area (Å²) in [5.41, 5.74) is 2.71. The van der Waals surface area contributed by atoms with Gasteiger partial charge in [0.1, 0.15) is 5.75 Å². The van der Waals surface area contributed by atoms with Gasteiger partial charge < -0.3 is 19.1 Å². The lowest BCUT2D eigenvalue weighted by Crippen LogP contribution is -2.24. The topological polar surface area (TPSA) is 84.2 Å². The predicted octanol–water partition coefficient (Wildman–Crippen LogP) is 3.75. The molecule has 1 aliphatic rings.